The molecule has 0 atom stereocenters. The number of halogens is 1. The molecule has 0 saturated carbocycles. The fourth-order valence-corrected chi connectivity index (χ4v) is 4.61. The summed E-state index contributed by atoms with van der Waals surface area (Å²) in [7, 11) is 0. The van der Waals surface area contributed by atoms with Gasteiger partial charge in [0.25, 0.3) is 0 Å². The van der Waals surface area contributed by atoms with Gasteiger partial charge in [0.05, 0.1) is 10.8 Å². The predicted molar refractivity (Wildman–Crippen MR) is 124 cm³/mol. The monoisotopic (exact) mass is 481 g/mol. The van der Waals surface area contributed by atoms with E-state index in [-0.39, 0.29) is 6.61 Å². The molecule has 10 heteroatoms. The fourth-order valence-electron chi connectivity index (χ4n) is 2.98. The third-order valence-corrected chi connectivity index (χ3v) is 6.39. The first-order valence-corrected chi connectivity index (χ1v) is 11.9. The van der Waals surface area contributed by atoms with Crippen molar-refractivity contribution in [3.05, 3.63) is 88.2 Å². The minimum atomic E-state index is 0.217. The SMILES string of the molecule is Clc1ccccc1OCc1nnc(SCc2nc(-c3ccsc3)no2)n1-c1ccccc1. The molecule has 32 heavy (non-hydrogen) atoms. The lowest BCUT2D eigenvalue weighted by Gasteiger charge is -2.11. The van der Waals surface area contributed by atoms with Crippen molar-refractivity contribution in [1.82, 2.24) is 24.9 Å². The first-order valence-electron chi connectivity index (χ1n) is 9.63. The normalized spacial score (nSPS) is 11.0. The summed E-state index contributed by atoms with van der Waals surface area (Å²) in [6.07, 6.45) is 0. The van der Waals surface area contributed by atoms with Gasteiger partial charge in [0.1, 0.15) is 12.4 Å². The van der Waals surface area contributed by atoms with E-state index in [2.05, 4.69) is 20.3 Å². The lowest BCUT2D eigenvalue weighted by molar-refractivity contribution is 0.293. The molecule has 160 valence electrons. The minimum Gasteiger partial charge on any atom is -0.484 e. The number of ether oxygens (including phenoxy) is 1. The van der Waals surface area contributed by atoms with Gasteiger partial charge < -0.3 is 9.26 Å². The number of para-hydroxylation sites is 2. The van der Waals surface area contributed by atoms with E-state index in [1.165, 1.54) is 11.8 Å². The summed E-state index contributed by atoms with van der Waals surface area (Å²) < 4.78 is 13.3. The quantitative estimate of drug-likeness (QED) is 0.255. The van der Waals surface area contributed by atoms with Crippen molar-refractivity contribution < 1.29 is 9.26 Å². The highest BCUT2D eigenvalue weighted by atomic mass is 35.5. The Morgan fingerprint density at radius 1 is 1.03 bits per heavy atom. The zero-order valence-corrected chi connectivity index (χ0v) is 19.0. The largest absolute Gasteiger partial charge is 0.484 e. The molecule has 3 aromatic heterocycles. The second-order valence-electron chi connectivity index (χ2n) is 6.60. The van der Waals surface area contributed by atoms with E-state index in [4.69, 9.17) is 20.9 Å². The molecule has 5 aromatic rings. The Hall–Kier alpha value is -3.14. The highest BCUT2D eigenvalue weighted by molar-refractivity contribution is 7.98. The maximum absolute atomic E-state index is 6.21. The van der Waals surface area contributed by atoms with E-state index in [1.54, 1.807) is 17.4 Å². The van der Waals surface area contributed by atoms with Gasteiger partial charge in [-0.1, -0.05) is 58.9 Å². The molecule has 5 rings (SSSR count). The Labute approximate surface area is 197 Å². The lowest BCUT2D eigenvalue weighted by Crippen LogP contribution is -2.06. The lowest BCUT2D eigenvalue weighted by atomic mass is 10.3. The molecular weight excluding hydrogens is 466 g/mol. The average molecular weight is 482 g/mol. The Morgan fingerprint density at radius 2 is 1.88 bits per heavy atom. The van der Waals surface area contributed by atoms with Crippen LogP contribution in [0, 0.1) is 0 Å². The number of thiophene rings is 1. The summed E-state index contributed by atoms with van der Waals surface area (Å²) in [4.78, 5) is 4.47. The molecule has 0 aliphatic rings. The van der Waals surface area contributed by atoms with Crippen LogP contribution < -0.4 is 4.74 Å². The van der Waals surface area contributed by atoms with Gasteiger partial charge in [0.15, 0.2) is 11.0 Å². The molecule has 0 spiro atoms. The Bertz CT molecular complexity index is 1310. The van der Waals surface area contributed by atoms with Crippen molar-refractivity contribution in [1.29, 1.82) is 0 Å². The van der Waals surface area contributed by atoms with Gasteiger partial charge in [-0.3, -0.25) is 4.57 Å². The third-order valence-electron chi connectivity index (χ3n) is 4.48. The van der Waals surface area contributed by atoms with Gasteiger partial charge >= 0.3 is 0 Å². The molecule has 7 nitrogen and oxygen atoms in total. The van der Waals surface area contributed by atoms with Gasteiger partial charge in [-0.25, -0.2) is 0 Å². The first kappa shape index (κ1) is 20.7. The summed E-state index contributed by atoms with van der Waals surface area (Å²) in [5.41, 5.74) is 1.88. The Kier molecular flexibility index (Phi) is 6.20. The van der Waals surface area contributed by atoms with E-state index in [0.29, 0.717) is 39.2 Å². The molecule has 0 aliphatic heterocycles. The second kappa shape index (κ2) is 9.56. The van der Waals surface area contributed by atoms with E-state index in [0.717, 1.165) is 11.3 Å². The molecule has 2 aromatic carbocycles. The summed E-state index contributed by atoms with van der Waals surface area (Å²) in [5, 5.41) is 18.0. The maximum Gasteiger partial charge on any atom is 0.237 e. The number of hydrogen-bond donors (Lipinski definition) is 0. The molecular formula is C22H16ClN5O2S2. The Morgan fingerprint density at radius 3 is 2.69 bits per heavy atom. The van der Waals surface area contributed by atoms with Gasteiger partial charge in [-0.15, -0.1) is 10.2 Å². The number of aromatic nitrogens is 5. The molecule has 0 N–H and O–H groups in total. The van der Waals surface area contributed by atoms with E-state index >= 15 is 0 Å². The van der Waals surface area contributed by atoms with Crippen molar-refractivity contribution in [3.63, 3.8) is 0 Å². The van der Waals surface area contributed by atoms with Gasteiger partial charge in [-0.05, 0) is 35.7 Å². The van der Waals surface area contributed by atoms with Crippen LogP contribution in [-0.4, -0.2) is 24.9 Å². The second-order valence-corrected chi connectivity index (χ2v) is 8.73. The summed E-state index contributed by atoms with van der Waals surface area (Å²) in [6, 6.07) is 19.2. The van der Waals surface area contributed by atoms with Crippen LogP contribution >= 0.6 is 34.7 Å². The fraction of sp³-hybridized carbons (Fsp3) is 0.0909. The summed E-state index contributed by atoms with van der Waals surface area (Å²) in [5.74, 6) is 2.82. The zero-order chi connectivity index (χ0) is 21.8. The number of thioether (sulfide) groups is 1. The molecule has 0 unspecified atom stereocenters. The zero-order valence-electron chi connectivity index (χ0n) is 16.6. The van der Waals surface area contributed by atoms with Crippen molar-refractivity contribution in [3.8, 4) is 22.8 Å². The molecule has 0 fully saturated rings. The van der Waals surface area contributed by atoms with E-state index in [9.17, 15) is 0 Å². The predicted octanol–water partition coefficient (Wildman–Crippen LogP) is 5.90. The van der Waals surface area contributed by atoms with Gasteiger partial charge in [0, 0.05) is 16.6 Å². The topological polar surface area (TPSA) is 78.9 Å². The Balaban J connectivity index is 1.37. The van der Waals surface area contributed by atoms with Gasteiger partial charge in [0.2, 0.25) is 11.7 Å². The molecule has 3 heterocycles. The van der Waals surface area contributed by atoms with Crippen LogP contribution in [0.4, 0.5) is 0 Å². The van der Waals surface area contributed by atoms with Crippen LogP contribution in [0.15, 0.2) is 81.1 Å². The number of hydrogen-bond acceptors (Lipinski definition) is 8. The highest BCUT2D eigenvalue weighted by Gasteiger charge is 2.17. The van der Waals surface area contributed by atoms with Crippen LogP contribution in [0.3, 0.4) is 0 Å². The van der Waals surface area contributed by atoms with Crippen molar-refractivity contribution in [2.45, 2.75) is 17.5 Å². The van der Waals surface area contributed by atoms with Crippen LogP contribution in [0.5, 0.6) is 5.75 Å². The molecule has 0 saturated heterocycles. The number of benzene rings is 2. The third kappa shape index (κ3) is 4.55. The molecule has 0 amide bonds. The van der Waals surface area contributed by atoms with Crippen LogP contribution in [0.25, 0.3) is 17.1 Å². The highest BCUT2D eigenvalue weighted by Crippen LogP contribution is 2.28. The van der Waals surface area contributed by atoms with Crippen LogP contribution in [0.2, 0.25) is 5.02 Å². The standard InChI is InChI=1S/C22H16ClN5O2S2/c23-17-8-4-5-9-18(17)29-12-19-25-26-22(28(19)16-6-2-1-3-7-16)32-14-20-24-21(27-30-20)15-10-11-31-13-15/h1-11,13H,12,14H2. The van der Waals surface area contributed by atoms with E-state index in [1.807, 2.05) is 69.9 Å². The average Bonchev–Trinajstić information content (AvgIpc) is 3.58. The first-order chi connectivity index (χ1) is 15.8. The van der Waals surface area contributed by atoms with Crippen molar-refractivity contribution >= 4 is 34.7 Å². The van der Waals surface area contributed by atoms with Crippen molar-refractivity contribution in [2.75, 3.05) is 0 Å². The smallest absolute Gasteiger partial charge is 0.237 e. The van der Waals surface area contributed by atoms with Crippen LogP contribution in [-0.2, 0) is 12.4 Å². The summed E-state index contributed by atoms with van der Waals surface area (Å²) in [6.45, 7) is 0.217. The maximum atomic E-state index is 6.21. The molecule has 0 radical (unpaired) electrons. The van der Waals surface area contributed by atoms with E-state index < -0.39 is 0 Å². The number of rotatable bonds is 8. The summed E-state index contributed by atoms with van der Waals surface area (Å²) >= 11 is 9.27. The molecule has 0 aliphatic carbocycles. The number of nitrogens with zero attached hydrogens (tertiary/aromatic N) is 5. The van der Waals surface area contributed by atoms with Crippen molar-refractivity contribution in [2.24, 2.45) is 0 Å². The minimum absolute atomic E-state index is 0.217. The van der Waals surface area contributed by atoms with Gasteiger partial charge in [-0.2, -0.15) is 16.3 Å². The van der Waals surface area contributed by atoms with Crippen LogP contribution in [0.1, 0.15) is 11.7 Å². The molecule has 0 bridgehead atoms.